The fraction of sp³-hybridized carbons (Fsp3) is 0.357. The minimum atomic E-state index is -0.662. The lowest BCUT2D eigenvalue weighted by atomic mass is 10.0. The second-order valence-electron chi connectivity index (χ2n) is 9.55. The number of carbonyl (C=O) groups is 2. The van der Waals surface area contributed by atoms with Crippen molar-refractivity contribution in [3.8, 4) is 5.75 Å². The Labute approximate surface area is 227 Å². The number of ether oxygens (including phenoxy) is 2. The van der Waals surface area contributed by atoms with Gasteiger partial charge in [-0.15, -0.1) is 0 Å². The number of hydrogen-bond acceptors (Lipinski definition) is 9. The largest absolute Gasteiger partial charge is 0.497 e. The third-order valence-corrected chi connectivity index (χ3v) is 6.93. The molecule has 0 radical (unpaired) electrons. The van der Waals surface area contributed by atoms with Crippen molar-refractivity contribution in [3.63, 3.8) is 0 Å². The smallest absolute Gasteiger partial charge is 0.271 e. The van der Waals surface area contributed by atoms with Crippen molar-refractivity contribution < 1.29 is 19.1 Å². The number of anilines is 4. The summed E-state index contributed by atoms with van der Waals surface area (Å²) in [7, 11) is 1.59. The number of morpholine rings is 1. The number of aromatic nitrogens is 2. The van der Waals surface area contributed by atoms with Gasteiger partial charge in [0.1, 0.15) is 11.6 Å². The first-order valence-electron chi connectivity index (χ1n) is 13.1. The van der Waals surface area contributed by atoms with E-state index in [0.717, 1.165) is 43.9 Å². The number of methoxy groups -OCH3 is 1. The Bertz CT molecular complexity index is 1290. The molecule has 2 fully saturated rings. The third-order valence-electron chi connectivity index (χ3n) is 6.93. The summed E-state index contributed by atoms with van der Waals surface area (Å²) in [5.74, 6) is 0.803. The first-order valence-corrected chi connectivity index (χ1v) is 13.1. The Morgan fingerprint density at radius 2 is 1.77 bits per heavy atom. The molecule has 2 amide bonds. The summed E-state index contributed by atoms with van der Waals surface area (Å²) in [6.07, 6.45) is 3.28. The summed E-state index contributed by atoms with van der Waals surface area (Å²) < 4.78 is 10.6. The molecular formula is C28H33N7O4. The van der Waals surface area contributed by atoms with Crippen LogP contribution in [0.3, 0.4) is 0 Å². The molecule has 1 unspecified atom stereocenters. The zero-order chi connectivity index (χ0) is 27.2. The van der Waals surface area contributed by atoms with Gasteiger partial charge < -0.3 is 35.6 Å². The zero-order valence-corrected chi connectivity index (χ0v) is 21.9. The molecule has 5 rings (SSSR count). The molecule has 3 aromatic rings. The number of hydrogen-bond donors (Lipinski definition) is 3. The lowest BCUT2D eigenvalue weighted by Crippen LogP contribution is -2.48. The van der Waals surface area contributed by atoms with Crippen LogP contribution in [0.2, 0.25) is 0 Å². The van der Waals surface area contributed by atoms with Crippen LogP contribution in [0, 0.1) is 0 Å². The second kappa shape index (κ2) is 12.0. The minimum Gasteiger partial charge on any atom is -0.497 e. The molecule has 4 N–H and O–H groups in total. The van der Waals surface area contributed by atoms with Crippen LogP contribution in [-0.2, 0) is 4.74 Å². The van der Waals surface area contributed by atoms with Crippen LogP contribution in [0.15, 0.2) is 54.7 Å². The molecule has 2 aliphatic rings. The van der Waals surface area contributed by atoms with Crippen LogP contribution in [0.5, 0.6) is 5.75 Å². The number of piperidine rings is 1. The molecule has 2 saturated heterocycles. The monoisotopic (exact) mass is 531 g/mol. The summed E-state index contributed by atoms with van der Waals surface area (Å²) >= 11 is 0. The molecule has 204 valence electrons. The quantitative estimate of drug-likeness (QED) is 0.401. The topological polar surface area (TPSA) is 135 Å². The van der Waals surface area contributed by atoms with Crippen LogP contribution in [0.25, 0.3) is 0 Å². The summed E-state index contributed by atoms with van der Waals surface area (Å²) in [6, 6.07) is 14.9. The highest BCUT2D eigenvalue weighted by molar-refractivity contribution is 5.96. The van der Waals surface area contributed by atoms with Crippen molar-refractivity contribution >= 4 is 34.8 Å². The number of rotatable bonds is 8. The molecule has 2 aliphatic heterocycles. The van der Waals surface area contributed by atoms with Gasteiger partial charge in [0.15, 0.2) is 11.5 Å². The normalized spacial score (nSPS) is 17.4. The van der Waals surface area contributed by atoms with Gasteiger partial charge in [-0.1, -0.05) is 0 Å². The standard InChI is InChI=1S/C28H33N7O4/c1-38-23-10-4-19(5-11-23)28(37)32-21-3-2-12-35(18-21)24-17-30-25(26(29)36)27(33-24)31-20-6-8-22(9-7-20)34-13-15-39-16-14-34/h4-11,17,21H,2-3,12-16,18H2,1H3,(H2,29,36)(H,31,33)(H,32,37). The van der Waals surface area contributed by atoms with E-state index in [0.29, 0.717) is 42.7 Å². The predicted molar refractivity (Wildman–Crippen MR) is 149 cm³/mol. The SMILES string of the molecule is COc1ccc(C(=O)NC2CCCN(c3cnc(C(N)=O)c(Nc4ccc(N5CCOCC5)cc4)n3)C2)cc1. The van der Waals surface area contributed by atoms with Gasteiger partial charge in [0.2, 0.25) is 0 Å². The van der Waals surface area contributed by atoms with Crippen molar-refractivity contribution in [2.75, 3.05) is 61.6 Å². The van der Waals surface area contributed by atoms with Crippen LogP contribution >= 0.6 is 0 Å². The van der Waals surface area contributed by atoms with E-state index in [1.807, 2.05) is 24.3 Å². The maximum atomic E-state index is 12.8. The van der Waals surface area contributed by atoms with Gasteiger partial charge >= 0.3 is 0 Å². The number of nitrogens with zero attached hydrogens (tertiary/aromatic N) is 4. The minimum absolute atomic E-state index is 0.0601. The van der Waals surface area contributed by atoms with Gasteiger partial charge in [-0.25, -0.2) is 9.97 Å². The molecule has 0 spiro atoms. The molecule has 0 aliphatic carbocycles. The Balaban J connectivity index is 1.28. The van der Waals surface area contributed by atoms with Gasteiger partial charge in [-0.3, -0.25) is 9.59 Å². The number of carbonyl (C=O) groups excluding carboxylic acids is 2. The Morgan fingerprint density at radius 1 is 1.03 bits per heavy atom. The first-order chi connectivity index (χ1) is 19.0. The fourth-order valence-electron chi connectivity index (χ4n) is 4.83. The van der Waals surface area contributed by atoms with Gasteiger partial charge in [0.05, 0.1) is 26.5 Å². The molecule has 1 atom stereocenters. The van der Waals surface area contributed by atoms with E-state index in [4.69, 9.17) is 20.2 Å². The number of amides is 2. The highest BCUT2D eigenvalue weighted by Gasteiger charge is 2.24. The fourth-order valence-corrected chi connectivity index (χ4v) is 4.83. The zero-order valence-electron chi connectivity index (χ0n) is 21.9. The first kappa shape index (κ1) is 26.2. The number of nitrogens with two attached hydrogens (primary N) is 1. The lowest BCUT2D eigenvalue weighted by molar-refractivity contribution is 0.0931. The summed E-state index contributed by atoms with van der Waals surface area (Å²) in [4.78, 5) is 38.3. The van der Waals surface area contributed by atoms with Crippen LogP contribution in [-0.4, -0.2) is 74.3 Å². The van der Waals surface area contributed by atoms with Gasteiger partial charge in [0, 0.05) is 49.2 Å². The molecular weight excluding hydrogens is 498 g/mol. The van der Waals surface area contributed by atoms with Crippen molar-refractivity contribution in [2.45, 2.75) is 18.9 Å². The Hall–Kier alpha value is -4.38. The third kappa shape index (κ3) is 6.37. The molecule has 39 heavy (non-hydrogen) atoms. The van der Waals surface area contributed by atoms with Crippen LogP contribution < -0.4 is 30.9 Å². The number of benzene rings is 2. The van der Waals surface area contributed by atoms with Crippen molar-refractivity contribution in [1.82, 2.24) is 15.3 Å². The Morgan fingerprint density at radius 3 is 2.46 bits per heavy atom. The van der Waals surface area contributed by atoms with Gasteiger partial charge in [-0.2, -0.15) is 0 Å². The highest BCUT2D eigenvalue weighted by atomic mass is 16.5. The van der Waals surface area contributed by atoms with Gasteiger partial charge in [0.25, 0.3) is 11.8 Å². The summed E-state index contributed by atoms with van der Waals surface area (Å²) in [6.45, 7) is 4.46. The molecule has 0 bridgehead atoms. The van der Waals surface area contributed by atoms with E-state index in [9.17, 15) is 9.59 Å². The highest BCUT2D eigenvalue weighted by Crippen LogP contribution is 2.25. The van der Waals surface area contributed by atoms with Gasteiger partial charge in [-0.05, 0) is 61.4 Å². The van der Waals surface area contributed by atoms with E-state index in [2.05, 4.69) is 25.4 Å². The maximum Gasteiger partial charge on any atom is 0.271 e. The molecule has 11 nitrogen and oxygen atoms in total. The molecule has 2 aromatic carbocycles. The number of nitrogens with one attached hydrogen (secondary N) is 2. The maximum absolute atomic E-state index is 12.8. The van der Waals surface area contributed by atoms with E-state index >= 15 is 0 Å². The average Bonchev–Trinajstić information content (AvgIpc) is 2.98. The van der Waals surface area contributed by atoms with E-state index in [1.54, 1.807) is 37.6 Å². The van der Waals surface area contributed by atoms with Crippen LogP contribution in [0.4, 0.5) is 23.0 Å². The Kier molecular flexibility index (Phi) is 8.07. The average molecular weight is 532 g/mol. The lowest BCUT2D eigenvalue weighted by Gasteiger charge is -2.34. The van der Waals surface area contributed by atoms with Crippen molar-refractivity contribution in [3.05, 3.63) is 66.0 Å². The molecule has 0 saturated carbocycles. The predicted octanol–water partition coefficient (Wildman–Crippen LogP) is 2.56. The molecule has 1 aromatic heterocycles. The number of primary amides is 1. The summed E-state index contributed by atoms with van der Waals surface area (Å²) in [5, 5.41) is 6.33. The van der Waals surface area contributed by atoms with E-state index < -0.39 is 5.91 Å². The molecule has 11 heteroatoms. The summed E-state index contributed by atoms with van der Waals surface area (Å²) in [5.41, 5.74) is 8.11. The van der Waals surface area contributed by atoms with E-state index in [1.165, 1.54) is 0 Å². The van der Waals surface area contributed by atoms with Crippen molar-refractivity contribution in [2.24, 2.45) is 5.73 Å². The van der Waals surface area contributed by atoms with Crippen LogP contribution in [0.1, 0.15) is 33.7 Å². The second-order valence-corrected chi connectivity index (χ2v) is 9.55. The van der Waals surface area contributed by atoms with Crippen molar-refractivity contribution in [1.29, 1.82) is 0 Å². The van der Waals surface area contributed by atoms with E-state index in [-0.39, 0.29) is 17.6 Å². The molecule has 3 heterocycles.